The molecule has 3 aromatic carbocycles. The fraction of sp³-hybridized carbons (Fsp3) is 0.200. The van der Waals surface area contributed by atoms with Crippen LogP contribution in [0.4, 0.5) is 5.69 Å². The molecule has 5 rings (SSSR count). The number of nitrogens with one attached hydrogen (secondary N) is 1. The molecule has 3 aromatic rings. The molecule has 0 aliphatic carbocycles. The zero-order valence-electron chi connectivity index (χ0n) is 17.2. The summed E-state index contributed by atoms with van der Waals surface area (Å²) in [5.74, 6) is 1.08. The zero-order chi connectivity index (χ0) is 21.4. The monoisotopic (exact) mass is 414 g/mol. The molecule has 31 heavy (non-hydrogen) atoms. The molecule has 1 N–H and O–H groups in total. The highest BCUT2D eigenvalue weighted by molar-refractivity contribution is 6.07. The lowest BCUT2D eigenvalue weighted by Crippen LogP contribution is -2.28. The molecule has 2 aliphatic heterocycles. The maximum absolute atomic E-state index is 12.9. The van der Waals surface area contributed by atoms with Crippen molar-refractivity contribution in [1.82, 2.24) is 5.32 Å². The number of rotatable bonds is 4. The predicted molar refractivity (Wildman–Crippen MR) is 117 cm³/mol. The zero-order valence-corrected chi connectivity index (χ0v) is 17.2. The summed E-state index contributed by atoms with van der Waals surface area (Å²) in [5, 5.41) is 2.95. The van der Waals surface area contributed by atoms with Crippen LogP contribution in [-0.4, -0.2) is 25.2 Å². The van der Waals surface area contributed by atoms with Gasteiger partial charge in [-0.15, -0.1) is 0 Å². The number of benzene rings is 3. The molecule has 156 valence electrons. The molecule has 2 amide bonds. The maximum atomic E-state index is 12.9. The summed E-state index contributed by atoms with van der Waals surface area (Å²) in [5.41, 5.74) is 5.41. The third-order valence-corrected chi connectivity index (χ3v) is 5.67. The number of carbonyl (C=O) groups is 2. The molecule has 2 aliphatic rings. The van der Waals surface area contributed by atoms with Crippen molar-refractivity contribution >= 4 is 17.5 Å². The van der Waals surface area contributed by atoms with Crippen LogP contribution in [0.5, 0.6) is 11.5 Å². The predicted octanol–water partition coefficient (Wildman–Crippen LogP) is 3.86. The number of amides is 2. The van der Waals surface area contributed by atoms with E-state index >= 15 is 0 Å². The quantitative estimate of drug-likeness (QED) is 0.704. The molecule has 0 spiro atoms. The number of nitrogens with zero attached hydrogens (tertiary/aromatic N) is 1. The summed E-state index contributed by atoms with van der Waals surface area (Å²) >= 11 is 0. The summed E-state index contributed by atoms with van der Waals surface area (Å²) in [4.78, 5) is 27.3. The lowest BCUT2D eigenvalue weighted by atomic mass is 10.1. The third kappa shape index (κ3) is 3.72. The molecule has 0 atom stereocenters. The standard InChI is InChI=1S/C25H22N2O4/c1-16-2-5-18(6-3-16)25(29)27-11-10-19-12-17(4-8-21(19)27)14-26-24(28)20-7-9-22-23(13-20)31-15-30-22/h2-9,12-13H,10-11,14-15H2,1H3,(H,26,28). The molecule has 0 bridgehead atoms. The van der Waals surface area contributed by atoms with Crippen LogP contribution < -0.4 is 19.7 Å². The molecule has 0 saturated carbocycles. The van der Waals surface area contributed by atoms with Gasteiger partial charge in [0.15, 0.2) is 11.5 Å². The van der Waals surface area contributed by atoms with Crippen molar-refractivity contribution in [3.63, 3.8) is 0 Å². The number of fused-ring (bicyclic) bond motifs is 2. The van der Waals surface area contributed by atoms with Gasteiger partial charge in [-0.3, -0.25) is 9.59 Å². The first kappa shape index (κ1) is 19.2. The lowest BCUT2D eigenvalue weighted by molar-refractivity contribution is 0.0949. The highest BCUT2D eigenvalue weighted by Crippen LogP contribution is 2.33. The van der Waals surface area contributed by atoms with Crippen molar-refractivity contribution in [2.45, 2.75) is 19.9 Å². The van der Waals surface area contributed by atoms with E-state index in [4.69, 9.17) is 9.47 Å². The summed E-state index contributed by atoms with van der Waals surface area (Å²) in [7, 11) is 0. The first-order valence-electron chi connectivity index (χ1n) is 10.3. The topological polar surface area (TPSA) is 67.9 Å². The van der Waals surface area contributed by atoms with E-state index in [0.717, 1.165) is 28.8 Å². The van der Waals surface area contributed by atoms with E-state index in [0.29, 0.717) is 35.7 Å². The second kappa shape index (κ2) is 7.80. The van der Waals surface area contributed by atoms with Gasteiger partial charge in [0.1, 0.15) is 0 Å². The largest absolute Gasteiger partial charge is 0.454 e. The van der Waals surface area contributed by atoms with Gasteiger partial charge in [0.05, 0.1) is 0 Å². The molecule has 2 heterocycles. The molecular weight excluding hydrogens is 392 g/mol. The average molecular weight is 414 g/mol. The summed E-state index contributed by atoms with van der Waals surface area (Å²) in [6.45, 7) is 3.26. The number of hydrogen-bond donors (Lipinski definition) is 1. The molecule has 6 heteroatoms. The Labute approximate surface area is 180 Å². The Morgan fingerprint density at radius 2 is 1.71 bits per heavy atom. The first-order valence-corrected chi connectivity index (χ1v) is 10.3. The smallest absolute Gasteiger partial charge is 0.258 e. The van der Waals surface area contributed by atoms with Crippen LogP contribution >= 0.6 is 0 Å². The van der Waals surface area contributed by atoms with E-state index in [1.807, 2.05) is 48.2 Å². The van der Waals surface area contributed by atoms with Gasteiger partial charge in [0.25, 0.3) is 11.8 Å². The first-order chi connectivity index (χ1) is 15.1. The molecule has 0 aromatic heterocycles. The molecule has 0 saturated heterocycles. The van der Waals surface area contributed by atoms with Crippen molar-refractivity contribution in [1.29, 1.82) is 0 Å². The highest BCUT2D eigenvalue weighted by atomic mass is 16.7. The minimum absolute atomic E-state index is 0.0163. The summed E-state index contributed by atoms with van der Waals surface area (Å²) < 4.78 is 10.6. The van der Waals surface area contributed by atoms with Gasteiger partial charge in [-0.1, -0.05) is 29.8 Å². The fourth-order valence-electron chi connectivity index (χ4n) is 3.95. The van der Waals surface area contributed by atoms with Crippen molar-refractivity contribution < 1.29 is 19.1 Å². The van der Waals surface area contributed by atoms with Gasteiger partial charge < -0.3 is 19.7 Å². The SMILES string of the molecule is Cc1ccc(C(=O)N2CCc3cc(CNC(=O)c4ccc5c(c4)OCO5)ccc32)cc1. The summed E-state index contributed by atoms with van der Waals surface area (Å²) in [6, 6.07) is 18.8. The van der Waals surface area contributed by atoms with Crippen molar-refractivity contribution in [3.05, 3.63) is 88.5 Å². The van der Waals surface area contributed by atoms with E-state index in [1.54, 1.807) is 18.2 Å². The van der Waals surface area contributed by atoms with Crippen LogP contribution in [-0.2, 0) is 13.0 Å². The third-order valence-electron chi connectivity index (χ3n) is 5.67. The van der Waals surface area contributed by atoms with Gasteiger partial charge in [0, 0.05) is 29.9 Å². The van der Waals surface area contributed by atoms with Crippen LogP contribution in [0.3, 0.4) is 0 Å². The average Bonchev–Trinajstić information content (AvgIpc) is 3.43. The van der Waals surface area contributed by atoms with Crippen LogP contribution in [0, 0.1) is 6.92 Å². The molecule has 0 fully saturated rings. The lowest BCUT2D eigenvalue weighted by Gasteiger charge is -2.18. The van der Waals surface area contributed by atoms with E-state index in [2.05, 4.69) is 11.4 Å². The van der Waals surface area contributed by atoms with E-state index in [-0.39, 0.29) is 18.6 Å². The van der Waals surface area contributed by atoms with Gasteiger partial charge in [-0.25, -0.2) is 0 Å². The second-order valence-corrected chi connectivity index (χ2v) is 7.79. The van der Waals surface area contributed by atoms with Gasteiger partial charge in [-0.05, 0) is 60.9 Å². The van der Waals surface area contributed by atoms with Crippen LogP contribution in [0.25, 0.3) is 0 Å². The molecule has 0 radical (unpaired) electrons. The van der Waals surface area contributed by atoms with E-state index in [9.17, 15) is 9.59 Å². The van der Waals surface area contributed by atoms with Crippen molar-refractivity contribution in [2.24, 2.45) is 0 Å². The number of ether oxygens (including phenoxy) is 2. The van der Waals surface area contributed by atoms with Gasteiger partial charge in [-0.2, -0.15) is 0 Å². The Hall–Kier alpha value is -3.80. The minimum Gasteiger partial charge on any atom is -0.454 e. The Kier molecular flexibility index (Phi) is 4.82. The molecular formula is C25H22N2O4. The fourth-order valence-corrected chi connectivity index (χ4v) is 3.95. The Morgan fingerprint density at radius 3 is 2.55 bits per heavy atom. The number of aryl methyl sites for hydroxylation is 1. The maximum Gasteiger partial charge on any atom is 0.258 e. The number of anilines is 1. The van der Waals surface area contributed by atoms with Crippen LogP contribution in [0.15, 0.2) is 60.7 Å². The van der Waals surface area contributed by atoms with Crippen molar-refractivity contribution in [3.8, 4) is 11.5 Å². The minimum atomic E-state index is -0.171. The number of carbonyl (C=O) groups excluding carboxylic acids is 2. The van der Waals surface area contributed by atoms with Gasteiger partial charge >= 0.3 is 0 Å². The Balaban J connectivity index is 1.26. The van der Waals surface area contributed by atoms with Gasteiger partial charge in [0.2, 0.25) is 6.79 Å². The highest BCUT2D eigenvalue weighted by Gasteiger charge is 2.25. The molecule has 6 nitrogen and oxygen atoms in total. The normalized spacial score (nSPS) is 13.8. The Morgan fingerprint density at radius 1 is 0.935 bits per heavy atom. The van der Waals surface area contributed by atoms with Crippen molar-refractivity contribution in [2.75, 3.05) is 18.2 Å². The second-order valence-electron chi connectivity index (χ2n) is 7.79. The van der Waals surface area contributed by atoms with E-state index < -0.39 is 0 Å². The van der Waals surface area contributed by atoms with E-state index in [1.165, 1.54) is 0 Å². The van der Waals surface area contributed by atoms with Crippen LogP contribution in [0.1, 0.15) is 37.4 Å². The number of hydrogen-bond acceptors (Lipinski definition) is 4. The Bertz CT molecular complexity index is 1170. The van der Waals surface area contributed by atoms with Crippen LogP contribution in [0.2, 0.25) is 0 Å². The summed E-state index contributed by atoms with van der Waals surface area (Å²) in [6.07, 6.45) is 0.802. The molecule has 0 unspecified atom stereocenters.